The molecule has 0 radical (unpaired) electrons. The standard InChI is InChI=1S/C25H34O3/c1-7-14-28-22-17-21-20(24(3,4)12-13-25(21,5)6)16-19(22)11-9-8-10-18(2)15-23(26)27/h8-11,15-17H,7,12-14H2,1-6H3,(H,26,27)/b10-8+,11-9+,18-15-. The maximum absolute atomic E-state index is 10.7. The molecule has 1 aromatic rings. The molecule has 1 N–H and O–H groups in total. The Morgan fingerprint density at radius 3 is 2.29 bits per heavy atom. The van der Waals surface area contributed by atoms with Gasteiger partial charge in [-0.15, -0.1) is 0 Å². The number of hydrogen-bond donors (Lipinski definition) is 1. The molecule has 0 unspecified atom stereocenters. The maximum Gasteiger partial charge on any atom is 0.328 e. The SMILES string of the molecule is CCCOc1cc2c(cc1/C=C/C=C/C(C)=C\C(=O)O)C(C)(C)CCC2(C)C. The lowest BCUT2D eigenvalue weighted by Gasteiger charge is -2.42. The van der Waals surface area contributed by atoms with Crippen molar-refractivity contribution in [1.82, 2.24) is 0 Å². The number of hydrogen-bond acceptors (Lipinski definition) is 2. The monoisotopic (exact) mass is 382 g/mol. The summed E-state index contributed by atoms with van der Waals surface area (Å²) in [6.45, 7) is 13.9. The molecule has 0 aliphatic heterocycles. The molecular weight excluding hydrogens is 348 g/mol. The summed E-state index contributed by atoms with van der Waals surface area (Å²) in [5.74, 6) is -0.00487. The van der Waals surface area contributed by atoms with Crippen molar-refractivity contribution in [3.63, 3.8) is 0 Å². The van der Waals surface area contributed by atoms with Gasteiger partial charge in [-0.1, -0.05) is 58.9 Å². The van der Waals surface area contributed by atoms with E-state index in [4.69, 9.17) is 9.84 Å². The van der Waals surface area contributed by atoms with Gasteiger partial charge in [-0.05, 0) is 65.8 Å². The van der Waals surface area contributed by atoms with Gasteiger partial charge in [0.2, 0.25) is 0 Å². The fourth-order valence-electron chi connectivity index (χ4n) is 3.69. The summed E-state index contributed by atoms with van der Waals surface area (Å²) >= 11 is 0. The molecule has 2 rings (SSSR count). The predicted octanol–water partition coefficient (Wildman–Crippen LogP) is 6.42. The van der Waals surface area contributed by atoms with Crippen LogP contribution in [0.5, 0.6) is 5.75 Å². The number of benzene rings is 1. The molecule has 152 valence electrons. The van der Waals surface area contributed by atoms with E-state index in [0.29, 0.717) is 12.2 Å². The molecule has 3 heteroatoms. The molecule has 0 aromatic heterocycles. The Morgan fingerprint density at radius 1 is 1.11 bits per heavy atom. The number of carbonyl (C=O) groups is 1. The minimum atomic E-state index is -0.930. The predicted molar refractivity (Wildman–Crippen MR) is 117 cm³/mol. The van der Waals surface area contributed by atoms with E-state index in [1.165, 1.54) is 30.0 Å². The van der Waals surface area contributed by atoms with Gasteiger partial charge in [0, 0.05) is 11.6 Å². The van der Waals surface area contributed by atoms with Crippen LogP contribution in [0.4, 0.5) is 0 Å². The molecule has 1 aliphatic carbocycles. The number of rotatable bonds is 7. The zero-order valence-electron chi connectivity index (χ0n) is 18.1. The van der Waals surface area contributed by atoms with E-state index in [0.717, 1.165) is 17.7 Å². The number of allylic oxidation sites excluding steroid dienone is 4. The number of carboxylic acids is 1. The Bertz CT molecular complexity index is 807. The summed E-state index contributed by atoms with van der Waals surface area (Å²) in [7, 11) is 0. The van der Waals surface area contributed by atoms with E-state index in [2.05, 4.69) is 46.8 Å². The lowest BCUT2D eigenvalue weighted by atomic mass is 9.63. The van der Waals surface area contributed by atoms with Crippen LogP contribution in [-0.4, -0.2) is 17.7 Å². The minimum Gasteiger partial charge on any atom is -0.493 e. The molecule has 0 fully saturated rings. The van der Waals surface area contributed by atoms with Crippen molar-refractivity contribution < 1.29 is 14.6 Å². The topological polar surface area (TPSA) is 46.5 Å². The first-order valence-corrected chi connectivity index (χ1v) is 10.1. The first-order chi connectivity index (χ1) is 13.1. The van der Waals surface area contributed by atoms with Crippen molar-refractivity contribution in [2.24, 2.45) is 0 Å². The molecule has 1 aliphatic rings. The number of fused-ring (bicyclic) bond motifs is 1. The second kappa shape index (κ2) is 8.81. The van der Waals surface area contributed by atoms with Crippen molar-refractivity contribution >= 4 is 12.0 Å². The van der Waals surface area contributed by atoms with Crippen LogP contribution in [0.25, 0.3) is 6.08 Å². The molecule has 0 amide bonds. The smallest absolute Gasteiger partial charge is 0.328 e. The fourth-order valence-corrected chi connectivity index (χ4v) is 3.69. The molecule has 0 spiro atoms. The van der Waals surface area contributed by atoms with E-state index < -0.39 is 5.97 Å². The van der Waals surface area contributed by atoms with Gasteiger partial charge < -0.3 is 9.84 Å². The zero-order valence-corrected chi connectivity index (χ0v) is 18.1. The molecule has 0 saturated heterocycles. The minimum absolute atomic E-state index is 0.146. The highest BCUT2D eigenvalue weighted by molar-refractivity contribution is 5.81. The van der Waals surface area contributed by atoms with E-state index >= 15 is 0 Å². The van der Waals surface area contributed by atoms with Gasteiger partial charge in [0.1, 0.15) is 5.75 Å². The lowest BCUT2D eigenvalue weighted by Crippen LogP contribution is -2.34. The lowest BCUT2D eigenvalue weighted by molar-refractivity contribution is -0.131. The third-order valence-electron chi connectivity index (χ3n) is 5.54. The summed E-state index contributed by atoms with van der Waals surface area (Å²) in [6.07, 6.45) is 12.2. The van der Waals surface area contributed by atoms with Gasteiger partial charge >= 0.3 is 5.97 Å². The number of aliphatic carboxylic acids is 1. The summed E-state index contributed by atoms with van der Waals surface area (Å²) in [5, 5.41) is 8.80. The maximum atomic E-state index is 10.7. The normalized spacial score (nSPS) is 18.4. The molecule has 1 aromatic carbocycles. The highest BCUT2D eigenvalue weighted by Crippen LogP contribution is 2.47. The molecule has 0 saturated carbocycles. The van der Waals surface area contributed by atoms with E-state index in [-0.39, 0.29) is 10.8 Å². The summed E-state index contributed by atoms with van der Waals surface area (Å²) in [6, 6.07) is 4.52. The Kier molecular flexibility index (Phi) is 6.92. The van der Waals surface area contributed by atoms with Crippen LogP contribution >= 0.6 is 0 Å². The van der Waals surface area contributed by atoms with E-state index in [9.17, 15) is 4.79 Å². The third-order valence-corrected chi connectivity index (χ3v) is 5.54. The van der Waals surface area contributed by atoms with Gasteiger partial charge in [-0.3, -0.25) is 0 Å². The fraction of sp³-hybridized carbons (Fsp3) is 0.480. The van der Waals surface area contributed by atoms with Crippen LogP contribution in [0.15, 0.2) is 42.0 Å². The van der Waals surface area contributed by atoms with Crippen LogP contribution in [0.3, 0.4) is 0 Å². The summed E-state index contributed by atoms with van der Waals surface area (Å²) in [5.41, 5.74) is 4.86. The molecule has 3 nitrogen and oxygen atoms in total. The van der Waals surface area contributed by atoms with Gasteiger partial charge in [0.15, 0.2) is 0 Å². The van der Waals surface area contributed by atoms with Crippen LogP contribution in [0.2, 0.25) is 0 Å². The first kappa shape index (κ1) is 22.0. The Balaban J connectivity index is 2.43. The number of carboxylic acid groups (broad SMARTS) is 1. The molecular formula is C25H34O3. The van der Waals surface area contributed by atoms with Crippen molar-refractivity contribution in [3.05, 3.63) is 58.7 Å². The van der Waals surface area contributed by atoms with Crippen LogP contribution in [-0.2, 0) is 15.6 Å². The van der Waals surface area contributed by atoms with Gasteiger partial charge in [0.05, 0.1) is 6.61 Å². The first-order valence-electron chi connectivity index (χ1n) is 10.1. The van der Waals surface area contributed by atoms with Crippen molar-refractivity contribution in [3.8, 4) is 5.75 Å². The van der Waals surface area contributed by atoms with Crippen LogP contribution in [0, 0.1) is 0 Å². The van der Waals surface area contributed by atoms with Crippen molar-refractivity contribution in [1.29, 1.82) is 0 Å². The van der Waals surface area contributed by atoms with E-state index in [1.807, 2.05) is 18.2 Å². The number of ether oxygens (including phenoxy) is 1. The van der Waals surface area contributed by atoms with Crippen LogP contribution in [0.1, 0.15) is 77.5 Å². The third kappa shape index (κ3) is 5.37. The van der Waals surface area contributed by atoms with E-state index in [1.54, 1.807) is 13.0 Å². The summed E-state index contributed by atoms with van der Waals surface area (Å²) < 4.78 is 6.08. The zero-order chi connectivity index (χ0) is 20.9. The van der Waals surface area contributed by atoms with Gasteiger partial charge in [-0.2, -0.15) is 0 Å². The molecule has 0 heterocycles. The molecule has 28 heavy (non-hydrogen) atoms. The molecule has 0 atom stereocenters. The van der Waals surface area contributed by atoms with Crippen LogP contribution < -0.4 is 4.74 Å². The Hall–Kier alpha value is -2.29. The second-order valence-electron chi connectivity index (χ2n) is 9.00. The highest BCUT2D eigenvalue weighted by atomic mass is 16.5. The average Bonchev–Trinajstić information content (AvgIpc) is 2.60. The molecule has 0 bridgehead atoms. The second-order valence-corrected chi connectivity index (χ2v) is 9.00. The summed E-state index contributed by atoms with van der Waals surface area (Å²) in [4.78, 5) is 10.7. The van der Waals surface area contributed by atoms with Gasteiger partial charge in [0.25, 0.3) is 0 Å². The Labute approximate surface area is 169 Å². The van der Waals surface area contributed by atoms with Crippen molar-refractivity contribution in [2.45, 2.75) is 71.6 Å². The highest BCUT2D eigenvalue weighted by Gasteiger charge is 2.37. The Morgan fingerprint density at radius 2 is 1.71 bits per heavy atom. The van der Waals surface area contributed by atoms with Gasteiger partial charge in [-0.25, -0.2) is 4.79 Å². The van der Waals surface area contributed by atoms with Crippen molar-refractivity contribution in [2.75, 3.05) is 6.61 Å². The quantitative estimate of drug-likeness (QED) is 0.437. The average molecular weight is 383 g/mol. The largest absolute Gasteiger partial charge is 0.493 e.